The number of hydrogen-bond donors (Lipinski definition) is 0. The Bertz CT molecular complexity index is 949. The Morgan fingerprint density at radius 3 is 1.44 bits per heavy atom. The third-order valence-corrected chi connectivity index (χ3v) is 13.4. The largest absolute Gasteiger partial charge is 0.466 e. The lowest BCUT2D eigenvalue weighted by Crippen LogP contribution is -2.23. The van der Waals surface area contributed by atoms with E-state index in [1.165, 1.54) is 96.6 Å². The summed E-state index contributed by atoms with van der Waals surface area (Å²) >= 11 is 0. The molecule has 0 amide bonds. The van der Waals surface area contributed by atoms with Crippen molar-refractivity contribution in [1.29, 1.82) is 0 Å². The molecule has 2 rings (SSSR count). The molecular formula is C50H93NO6. The minimum Gasteiger partial charge on any atom is -0.466 e. The molecule has 0 saturated carbocycles. The van der Waals surface area contributed by atoms with E-state index >= 15 is 0 Å². The molecule has 4 unspecified atom stereocenters. The zero-order valence-electron chi connectivity index (χ0n) is 38.5. The molecule has 2 heterocycles. The van der Waals surface area contributed by atoms with E-state index in [9.17, 15) is 14.4 Å². The van der Waals surface area contributed by atoms with Gasteiger partial charge >= 0.3 is 17.9 Å². The van der Waals surface area contributed by atoms with Gasteiger partial charge in [-0.1, -0.05) is 119 Å². The second kappa shape index (κ2) is 33.1. The first-order valence-electron chi connectivity index (χ1n) is 24.8. The highest BCUT2D eigenvalue weighted by molar-refractivity contribution is 5.70. The van der Waals surface area contributed by atoms with Gasteiger partial charge in [0.1, 0.15) is 6.10 Å². The molecule has 2 aliphatic heterocycles. The van der Waals surface area contributed by atoms with Crippen LogP contribution in [0.25, 0.3) is 0 Å². The first-order valence-corrected chi connectivity index (χ1v) is 24.8. The van der Waals surface area contributed by atoms with E-state index in [0.29, 0.717) is 68.0 Å². The molecule has 7 heteroatoms. The van der Waals surface area contributed by atoms with Crippen LogP contribution in [0.3, 0.4) is 0 Å². The highest BCUT2D eigenvalue weighted by atomic mass is 16.5. The summed E-state index contributed by atoms with van der Waals surface area (Å²) in [6.07, 6.45) is 30.8. The first-order chi connectivity index (χ1) is 27.5. The van der Waals surface area contributed by atoms with Crippen molar-refractivity contribution in [3.8, 4) is 0 Å². The fraction of sp³-hybridized carbons (Fsp3) is 0.940. The maximum absolute atomic E-state index is 12.8. The smallest absolute Gasteiger partial charge is 0.306 e. The topological polar surface area (TPSA) is 82.1 Å². The van der Waals surface area contributed by atoms with Crippen LogP contribution in [0, 0.1) is 35.5 Å². The fourth-order valence-corrected chi connectivity index (χ4v) is 9.35. The summed E-state index contributed by atoms with van der Waals surface area (Å²) in [4.78, 5) is 40.3. The van der Waals surface area contributed by atoms with E-state index in [-0.39, 0.29) is 24.0 Å². The minimum atomic E-state index is -0.0302. The van der Waals surface area contributed by atoms with E-state index < -0.39 is 0 Å². The zero-order chi connectivity index (χ0) is 41.5. The molecule has 0 N–H and O–H groups in total. The molecule has 4 atom stereocenters. The molecule has 2 aliphatic rings. The highest BCUT2D eigenvalue weighted by Gasteiger charge is 2.20. The van der Waals surface area contributed by atoms with Gasteiger partial charge in [0, 0.05) is 19.3 Å². The Morgan fingerprint density at radius 1 is 0.579 bits per heavy atom. The summed E-state index contributed by atoms with van der Waals surface area (Å²) in [7, 11) is 0. The van der Waals surface area contributed by atoms with Gasteiger partial charge in [0.25, 0.3) is 0 Å². The molecule has 334 valence electrons. The molecule has 0 radical (unpaired) electrons. The predicted molar refractivity (Wildman–Crippen MR) is 237 cm³/mol. The van der Waals surface area contributed by atoms with Crippen LogP contribution in [0.2, 0.25) is 0 Å². The molecule has 0 aliphatic carbocycles. The number of rotatable bonds is 7. The van der Waals surface area contributed by atoms with E-state index in [1.54, 1.807) is 0 Å². The van der Waals surface area contributed by atoms with Gasteiger partial charge in [0.15, 0.2) is 0 Å². The van der Waals surface area contributed by atoms with Crippen LogP contribution in [0.1, 0.15) is 228 Å². The number of nitrogens with zero attached hydrogens (tertiary/aromatic N) is 1. The second-order valence-corrected chi connectivity index (χ2v) is 19.4. The van der Waals surface area contributed by atoms with Gasteiger partial charge in [0.05, 0.1) is 13.2 Å². The number of carbonyl (C=O) groups excluding carboxylic acids is 3. The lowest BCUT2D eigenvalue weighted by atomic mass is 9.81. The highest BCUT2D eigenvalue weighted by Crippen LogP contribution is 2.30. The van der Waals surface area contributed by atoms with Crippen molar-refractivity contribution in [2.75, 3.05) is 32.8 Å². The van der Waals surface area contributed by atoms with Crippen LogP contribution < -0.4 is 0 Å². The number of likely N-dealkylation sites (tertiary alicyclic amines) is 1. The van der Waals surface area contributed by atoms with Crippen LogP contribution in [-0.2, 0) is 28.6 Å². The van der Waals surface area contributed by atoms with Gasteiger partial charge in [-0.3, -0.25) is 14.4 Å². The normalized spacial score (nSPS) is 27.8. The minimum absolute atomic E-state index is 0.0139. The van der Waals surface area contributed by atoms with E-state index in [4.69, 9.17) is 14.2 Å². The Balaban J connectivity index is 1.83. The summed E-state index contributed by atoms with van der Waals surface area (Å²) in [6.45, 7) is 18.5. The molecule has 2 fully saturated rings. The van der Waals surface area contributed by atoms with Crippen molar-refractivity contribution in [3.05, 3.63) is 0 Å². The van der Waals surface area contributed by atoms with Crippen molar-refractivity contribution in [2.24, 2.45) is 35.5 Å². The maximum Gasteiger partial charge on any atom is 0.306 e. The summed E-state index contributed by atoms with van der Waals surface area (Å²) in [5.41, 5.74) is 0. The first kappa shape index (κ1) is 51.5. The number of cyclic esters (lactones) is 2. The molecule has 0 spiro atoms. The van der Waals surface area contributed by atoms with E-state index in [2.05, 4.69) is 46.4 Å². The van der Waals surface area contributed by atoms with Crippen molar-refractivity contribution >= 4 is 17.9 Å². The average molecular weight is 804 g/mol. The summed E-state index contributed by atoms with van der Waals surface area (Å²) in [5, 5.41) is 0. The van der Waals surface area contributed by atoms with Crippen molar-refractivity contribution < 1.29 is 28.6 Å². The van der Waals surface area contributed by atoms with Crippen LogP contribution in [-0.4, -0.2) is 61.8 Å². The summed E-state index contributed by atoms with van der Waals surface area (Å²) in [6, 6.07) is 0. The molecule has 0 aromatic rings. The number of ether oxygens (including phenoxy) is 3. The standard InChI is InChI=1S/C50H93NO6/c1-41(2)45-31-29-43(5)40-44(6)30-32-46(42(3)4)34-39-56-49(53)27-20-16-12-8-10-14-18-25-47(57-50(54)28-23-37-51-35-21-22-36-51)24-17-13-9-7-11-15-19-26-48(52)55-38-33-45/h41-47H,7-40H2,1-6H3. The van der Waals surface area contributed by atoms with Gasteiger partial charge in [-0.25, -0.2) is 0 Å². The molecular weight excluding hydrogens is 711 g/mol. The molecule has 57 heavy (non-hydrogen) atoms. The van der Waals surface area contributed by atoms with Gasteiger partial charge in [-0.2, -0.15) is 0 Å². The Labute approximate surface area is 352 Å². The van der Waals surface area contributed by atoms with Crippen molar-refractivity contribution in [2.45, 2.75) is 234 Å². The Morgan fingerprint density at radius 2 is 1.00 bits per heavy atom. The lowest BCUT2D eigenvalue weighted by molar-refractivity contribution is -0.150. The van der Waals surface area contributed by atoms with Crippen LogP contribution in [0.5, 0.6) is 0 Å². The van der Waals surface area contributed by atoms with Gasteiger partial charge < -0.3 is 19.1 Å². The third-order valence-electron chi connectivity index (χ3n) is 13.4. The van der Waals surface area contributed by atoms with E-state index in [0.717, 1.165) is 90.0 Å². The van der Waals surface area contributed by atoms with E-state index in [1.807, 2.05) is 0 Å². The zero-order valence-corrected chi connectivity index (χ0v) is 38.5. The average Bonchev–Trinajstić information content (AvgIpc) is 3.68. The van der Waals surface area contributed by atoms with Gasteiger partial charge in [0.2, 0.25) is 0 Å². The Kier molecular flexibility index (Phi) is 29.9. The predicted octanol–water partition coefficient (Wildman–Crippen LogP) is 13.4. The second-order valence-electron chi connectivity index (χ2n) is 19.4. The fourth-order valence-electron chi connectivity index (χ4n) is 9.35. The SMILES string of the molecule is CC1CCC(C(C)C)CCOC(=O)CCCCCCCCCC(OC(=O)CCCN2CCCC2)CCCCCCCCCC(=O)OCCC(C(C)C)CCC(C)C1. The van der Waals surface area contributed by atoms with Gasteiger partial charge in [-0.05, 0) is 145 Å². The quantitative estimate of drug-likeness (QED) is 0.187. The van der Waals surface area contributed by atoms with Crippen LogP contribution in [0.15, 0.2) is 0 Å². The molecule has 0 aromatic carbocycles. The van der Waals surface area contributed by atoms with Crippen molar-refractivity contribution in [1.82, 2.24) is 4.90 Å². The Hall–Kier alpha value is -1.63. The summed E-state index contributed by atoms with van der Waals surface area (Å²) in [5.74, 6) is 3.68. The third kappa shape index (κ3) is 27.7. The number of hydrogen-bond acceptors (Lipinski definition) is 7. The van der Waals surface area contributed by atoms with Crippen molar-refractivity contribution in [3.63, 3.8) is 0 Å². The molecule has 0 bridgehead atoms. The monoisotopic (exact) mass is 804 g/mol. The molecule has 7 nitrogen and oxygen atoms in total. The number of carbonyl (C=O) groups is 3. The van der Waals surface area contributed by atoms with Gasteiger partial charge in [-0.15, -0.1) is 0 Å². The number of esters is 3. The molecule has 2 saturated heterocycles. The lowest BCUT2D eigenvalue weighted by Gasteiger charge is -2.25. The summed E-state index contributed by atoms with van der Waals surface area (Å²) < 4.78 is 17.5. The van der Waals surface area contributed by atoms with Crippen LogP contribution in [0.4, 0.5) is 0 Å². The molecule has 0 aromatic heterocycles. The maximum atomic E-state index is 12.8. The van der Waals surface area contributed by atoms with Crippen LogP contribution >= 0.6 is 0 Å².